The molecule has 0 aromatic heterocycles. The summed E-state index contributed by atoms with van der Waals surface area (Å²) in [6, 6.07) is 25.8. The number of aliphatic hydroxyl groups is 1. The second kappa shape index (κ2) is 8.51. The molecule has 0 fully saturated rings. The first kappa shape index (κ1) is 19.3. The summed E-state index contributed by atoms with van der Waals surface area (Å²) in [7, 11) is 0. The number of allylic oxidation sites excluding steroid dienone is 2. The van der Waals surface area contributed by atoms with E-state index < -0.39 is 5.60 Å². The molecule has 2 N–H and O–H groups in total. The third-order valence-electron chi connectivity index (χ3n) is 4.64. The van der Waals surface area contributed by atoms with Gasteiger partial charge in [-0.1, -0.05) is 85.5 Å². The number of rotatable bonds is 6. The third-order valence-corrected chi connectivity index (χ3v) is 4.64. The van der Waals surface area contributed by atoms with Crippen molar-refractivity contribution in [2.24, 2.45) is 4.99 Å². The van der Waals surface area contributed by atoms with E-state index in [0.29, 0.717) is 28.1 Å². The molecule has 0 aliphatic carbocycles. The van der Waals surface area contributed by atoms with Crippen LogP contribution >= 0.6 is 0 Å². The molecule has 3 heteroatoms. The molecule has 0 spiro atoms. The van der Waals surface area contributed by atoms with Gasteiger partial charge in [0.25, 0.3) is 0 Å². The number of aromatic hydroxyl groups is 1. The SMILES string of the molecule is C=C/C(=N\C(=C/C)C(O)(c1ccccc1)c1ccccc1)c1ccccc1O. The maximum Gasteiger partial charge on any atom is 0.156 e. The monoisotopic (exact) mass is 369 g/mol. The summed E-state index contributed by atoms with van der Waals surface area (Å²) in [6.45, 7) is 5.68. The van der Waals surface area contributed by atoms with Crippen LogP contribution in [0.5, 0.6) is 5.75 Å². The average Bonchev–Trinajstić information content (AvgIpc) is 2.76. The second-order valence-electron chi connectivity index (χ2n) is 6.33. The molecule has 0 unspecified atom stereocenters. The highest BCUT2D eigenvalue weighted by atomic mass is 16.3. The first-order valence-corrected chi connectivity index (χ1v) is 9.11. The lowest BCUT2D eigenvalue weighted by molar-refractivity contribution is 0.119. The minimum absolute atomic E-state index is 0.111. The molecule has 140 valence electrons. The molecule has 0 amide bonds. The molecule has 0 aliphatic heterocycles. The Labute approximate surface area is 165 Å². The molecule has 3 aromatic rings. The molecule has 3 nitrogen and oxygen atoms in total. The number of phenols is 1. The molecular weight excluding hydrogens is 346 g/mol. The van der Waals surface area contributed by atoms with Crippen molar-refractivity contribution in [3.8, 4) is 5.75 Å². The van der Waals surface area contributed by atoms with Crippen molar-refractivity contribution in [3.63, 3.8) is 0 Å². The number of benzene rings is 3. The zero-order valence-electron chi connectivity index (χ0n) is 15.8. The highest BCUT2D eigenvalue weighted by Gasteiger charge is 2.36. The maximum absolute atomic E-state index is 11.9. The molecule has 28 heavy (non-hydrogen) atoms. The van der Waals surface area contributed by atoms with Crippen LogP contribution in [0.3, 0.4) is 0 Å². The van der Waals surface area contributed by atoms with Crippen molar-refractivity contribution >= 4 is 5.71 Å². The Bertz CT molecular complexity index is 965. The van der Waals surface area contributed by atoms with Gasteiger partial charge in [-0.25, -0.2) is 4.99 Å². The Kier molecular flexibility index (Phi) is 5.87. The fraction of sp³-hybridized carbons (Fsp3) is 0.0800. The van der Waals surface area contributed by atoms with Crippen molar-refractivity contribution in [2.45, 2.75) is 12.5 Å². The standard InChI is InChI=1S/C25H23NO2/c1-3-22(21-17-11-12-18-23(21)27)26-24(4-2)25(28,19-13-7-5-8-14-19)20-15-9-6-10-16-20/h3-18,27-28H,1H2,2H3/b24-4-,26-22+. The smallest absolute Gasteiger partial charge is 0.156 e. The highest BCUT2D eigenvalue weighted by Crippen LogP contribution is 2.38. The normalized spacial score (nSPS) is 12.6. The lowest BCUT2D eigenvalue weighted by Gasteiger charge is -2.30. The lowest BCUT2D eigenvalue weighted by Crippen LogP contribution is -2.29. The van der Waals surface area contributed by atoms with Gasteiger partial charge in [-0.15, -0.1) is 0 Å². The number of para-hydroxylation sites is 1. The van der Waals surface area contributed by atoms with Crippen molar-refractivity contribution in [2.75, 3.05) is 0 Å². The maximum atomic E-state index is 11.9. The fourth-order valence-corrected chi connectivity index (χ4v) is 3.21. The summed E-state index contributed by atoms with van der Waals surface area (Å²) >= 11 is 0. The molecule has 0 radical (unpaired) electrons. The van der Waals surface area contributed by atoms with Gasteiger partial charge in [0.15, 0.2) is 5.60 Å². The van der Waals surface area contributed by atoms with Crippen LogP contribution in [0.4, 0.5) is 0 Å². The predicted octanol–water partition coefficient (Wildman–Crippen LogP) is 5.21. The van der Waals surface area contributed by atoms with E-state index in [9.17, 15) is 10.2 Å². The van der Waals surface area contributed by atoms with E-state index in [1.165, 1.54) is 0 Å². The quantitative estimate of drug-likeness (QED) is 0.586. The van der Waals surface area contributed by atoms with Gasteiger partial charge >= 0.3 is 0 Å². The molecule has 0 atom stereocenters. The van der Waals surface area contributed by atoms with Crippen LogP contribution in [-0.2, 0) is 5.60 Å². The number of hydrogen-bond donors (Lipinski definition) is 2. The van der Waals surface area contributed by atoms with E-state index >= 15 is 0 Å². The van der Waals surface area contributed by atoms with Crippen molar-refractivity contribution < 1.29 is 10.2 Å². The van der Waals surface area contributed by atoms with Gasteiger partial charge in [-0.2, -0.15) is 0 Å². The van der Waals surface area contributed by atoms with Gasteiger partial charge in [0.05, 0.1) is 11.4 Å². The number of phenolic OH excluding ortho intramolecular Hbond substituents is 1. The van der Waals surface area contributed by atoms with Gasteiger partial charge in [0, 0.05) is 5.56 Å². The first-order valence-electron chi connectivity index (χ1n) is 9.11. The van der Waals surface area contributed by atoms with Gasteiger partial charge in [0.2, 0.25) is 0 Å². The molecule has 0 heterocycles. The van der Waals surface area contributed by atoms with E-state index in [4.69, 9.17) is 4.99 Å². The van der Waals surface area contributed by atoms with Crippen LogP contribution < -0.4 is 0 Å². The molecular formula is C25H23NO2. The Morgan fingerprint density at radius 1 is 0.857 bits per heavy atom. The fourth-order valence-electron chi connectivity index (χ4n) is 3.21. The largest absolute Gasteiger partial charge is 0.507 e. The minimum Gasteiger partial charge on any atom is -0.507 e. The lowest BCUT2D eigenvalue weighted by atomic mass is 9.83. The Morgan fingerprint density at radius 3 is 1.82 bits per heavy atom. The van der Waals surface area contributed by atoms with E-state index in [1.54, 1.807) is 30.4 Å². The topological polar surface area (TPSA) is 52.8 Å². The Morgan fingerprint density at radius 2 is 1.36 bits per heavy atom. The van der Waals surface area contributed by atoms with Crippen LogP contribution in [0.1, 0.15) is 23.6 Å². The second-order valence-corrected chi connectivity index (χ2v) is 6.33. The molecule has 3 rings (SSSR count). The van der Waals surface area contributed by atoms with E-state index in [0.717, 1.165) is 0 Å². The van der Waals surface area contributed by atoms with Gasteiger partial charge in [0.1, 0.15) is 5.75 Å². The van der Waals surface area contributed by atoms with Gasteiger partial charge in [-0.3, -0.25) is 0 Å². The van der Waals surface area contributed by atoms with Crippen LogP contribution in [0, 0.1) is 0 Å². The van der Waals surface area contributed by atoms with Crippen molar-refractivity contribution in [1.82, 2.24) is 0 Å². The number of aliphatic imine (C=N–C) groups is 1. The van der Waals surface area contributed by atoms with E-state index in [-0.39, 0.29) is 5.75 Å². The summed E-state index contributed by atoms with van der Waals surface area (Å²) in [5.74, 6) is 0.111. The molecule has 3 aromatic carbocycles. The van der Waals surface area contributed by atoms with Gasteiger partial charge in [-0.05, 0) is 36.3 Å². The first-order chi connectivity index (χ1) is 13.6. The van der Waals surface area contributed by atoms with Gasteiger partial charge < -0.3 is 10.2 Å². The predicted molar refractivity (Wildman–Crippen MR) is 114 cm³/mol. The van der Waals surface area contributed by atoms with E-state index in [2.05, 4.69) is 6.58 Å². The van der Waals surface area contributed by atoms with E-state index in [1.807, 2.05) is 73.7 Å². The zero-order chi connectivity index (χ0) is 20.0. The highest BCUT2D eigenvalue weighted by molar-refractivity contribution is 6.10. The number of hydrogen-bond acceptors (Lipinski definition) is 3. The summed E-state index contributed by atoms with van der Waals surface area (Å²) < 4.78 is 0. The molecule has 0 bridgehead atoms. The minimum atomic E-state index is -1.45. The molecule has 0 saturated heterocycles. The Balaban J connectivity index is 2.21. The van der Waals surface area contributed by atoms with Crippen LogP contribution in [0.2, 0.25) is 0 Å². The van der Waals surface area contributed by atoms with Crippen LogP contribution in [0.15, 0.2) is 114 Å². The van der Waals surface area contributed by atoms with Crippen molar-refractivity contribution in [3.05, 3.63) is 126 Å². The summed E-state index contributed by atoms with van der Waals surface area (Å²) in [5, 5.41) is 22.1. The number of nitrogens with zero attached hydrogens (tertiary/aromatic N) is 1. The van der Waals surface area contributed by atoms with Crippen LogP contribution in [-0.4, -0.2) is 15.9 Å². The van der Waals surface area contributed by atoms with Crippen molar-refractivity contribution in [1.29, 1.82) is 0 Å². The zero-order valence-corrected chi connectivity index (χ0v) is 15.8. The summed E-state index contributed by atoms with van der Waals surface area (Å²) in [4.78, 5) is 4.72. The Hall–Kier alpha value is -3.43. The summed E-state index contributed by atoms with van der Waals surface area (Å²) in [5.41, 5.74) is 1.45. The molecule has 0 aliphatic rings. The third kappa shape index (κ3) is 3.66. The average molecular weight is 369 g/mol. The summed E-state index contributed by atoms with van der Waals surface area (Å²) in [6.07, 6.45) is 3.36. The van der Waals surface area contributed by atoms with Crippen LogP contribution in [0.25, 0.3) is 0 Å². The molecule has 0 saturated carbocycles.